The molecule has 84 valence electrons. The lowest BCUT2D eigenvalue weighted by Crippen LogP contribution is -2.37. The van der Waals surface area contributed by atoms with Gasteiger partial charge in [-0.25, -0.2) is 21.6 Å². The normalized spacial score (nSPS) is 26.5. The second-order valence-electron chi connectivity index (χ2n) is 3.23. The monoisotopic (exact) mass is 261 g/mol. The van der Waals surface area contributed by atoms with Crippen molar-refractivity contribution in [3.05, 3.63) is 0 Å². The van der Waals surface area contributed by atoms with Gasteiger partial charge in [-0.1, -0.05) is 0 Å². The Bertz CT molecular complexity index is 388. The fourth-order valence-electron chi connectivity index (χ4n) is 1.30. The Hall–Kier alpha value is 0.150. The van der Waals surface area contributed by atoms with Crippen LogP contribution in [-0.2, 0) is 19.9 Å². The first-order valence-electron chi connectivity index (χ1n) is 4.11. The summed E-state index contributed by atoms with van der Waals surface area (Å²) in [6, 6.07) is -0.479. The number of sulfone groups is 1. The molecule has 1 rings (SSSR count). The lowest BCUT2D eigenvalue weighted by atomic mass is 10.3. The van der Waals surface area contributed by atoms with Crippen LogP contribution < -0.4 is 4.72 Å². The van der Waals surface area contributed by atoms with E-state index in [1.54, 1.807) is 0 Å². The van der Waals surface area contributed by atoms with Crippen molar-refractivity contribution in [2.24, 2.45) is 0 Å². The van der Waals surface area contributed by atoms with Crippen LogP contribution in [0.4, 0.5) is 0 Å². The van der Waals surface area contributed by atoms with Crippen LogP contribution in [-0.4, -0.2) is 46.0 Å². The van der Waals surface area contributed by atoms with Crippen molar-refractivity contribution in [2.45, 2.75) is 12.5 Å². The van der Waals surface area contributed by atoms with Crippen molar-refractivity contribution >= 4 is 31.5 Å². The molecule has 1 aliphatic heterocycles. The zero-order valence-corrected chi connectivity index (χ0v) is 9.83. The van der Waals surface area contributed by atoms with E-state index in [0.717, 1.165) is 0 Å². The van der Waals surface area contributed by atoms with Gasteiger partial charge >= 0.3 is 0 Å². The molecule has 1 heterocycles. The van der Waals surface area contributed by atoms with Gasteiger partial charge in [0.2, 0.25) is 10.0 Å². The molecule has 0 spiro atoms. The van der Waals surface area contributed by atoms with Gasteiger partial charge in [0.15, 0.2) is 9.84 Å². The predicted octanol–water partition coefficient (Wildman–Crippen LogP) is -0.668. The molecule has 0 bridgehead atoms. The highest BCUT2D eigenvalue weighted by Gasteiger charge is 2.30. The fraction of sp³-hybridized carbons (Fsp3) is 1.00. The van der Waals surface area contributed by atoms with Gasteiger partial charge in [0.1, 0.15) is 0 Å². The summed E-state index contributed by atoms with van der Waals surface area (Å²) in [5.41, 5.74) is 0. The van der Waals surface area contributed by atoms with E-state index in [-0.39, 0.29) is 23.1 Å². The van der Waals surface area contributed by atoms with Crippen LogP contribution in [0, 0.1) is 0 Å². The van der Waals surface area contributed by atoms with Gasteiger partial charge in [-0.05, 0) is 6.42 Å². The van der Waals surface area contributed by atoms with Crippen LogP contribution in [0.3, 0.4) is 0 Å². The van der Waals surface area contributed by atoms with Crippen molar-refractivity contribution in [1.82, 2.24) is 4.72 Å². The van der Waals surface area contributed by atoms with Gasteiger partial charge in [-0.2, -0.15) is 0 Å². The molecule has 0 aromatic rings. The van der Waals surface area contributed by atoms with Gasteiger partial charge in [0.25, 0.3) is 0 Å². The average molecular weight is 262 g/mol. The molecule has 0 aromatic heterocycles. The Labute approximate surface area is 88.8 Å². The fourth-order valence-corrected chi connectivity index (χ4v) is 4.72. The van der Waals surface area contributed by atoms with E-state index < -0.39 is 25.9 Å². The SMILES string of the molecule is O=S1(=O)CCC(NS(=O)(=O)CCCl)C1. The van der Waals surface area contributed by atoms with E-state index in [1.807, 2.05) is 0 Å². The molecule has 0 saturated carbocycles. The van der Waals surface area contributed by atoms with E-state index in [9.17, 15) is 16.8 Å². The third-order valence-corrected chi connectivity index (χ3v) is 5.54. The number of hydrogen-bond donors (Lipinski definition) is 1. The van der Waals surface area contributed by atoms with E-state index >= 15 is 0 Å². The largest absolute Gasteiger partial charge is 0.229 e. The van der Waals surface area contributed by atoms with Crippen LogP contribution in [0.2, 0.25) is 0 Å². The van der Waals surface area contributed by atoms with Crippen molar-refractivity contribution in [2.75, 3.05) is 23.1 Å². The van der Waals surface area contributed by atoms with Crippen molar-refractivity contribution < 1.29 is 16.8 Å². The maximum Gasteiger partial charge on any atom is 0.213 e. The first-order chi connectivity index (χ1) is 6.35. The summed E-state index contributed by atoms with van der Waals surface area (Å²) >= 11 is 5.29. The molecule has 0 amide bonds. The van der Waals surface area contributed by atoms with Gasteiger partial charge in [0.05, 0.1) is 17.3 Å². The smallest absolute Gasteiger partial charge is 0.213 e. The van der Waals surface area contributed by atoms with E-state index in [4.69, 9.17) is 11.6 Å². The maximum atomic E-state index is 11.2. The van der Waals surface area contributed by atoms with Crippen LogP contribution in [0.5, 0.6) is 0 Å². The summed E-state index contributed by atoms with van der Waals surface area (Å²) in [5.74, 6) is -0.213. The minimum Gasteiger partial charge on any atom is -0.229 e. The number of sulfonamides is 1. The molecule has 0 aliphatic carbocycles. The first-order valence-corrected chi connectivity index (χ1v) is 8.12. The summed E-state index contributed by atoms with van der Waals surface area (Å²) in [6.45, 7) is 0. The third kappa shape index (κ3) is 3.72. The highest BCUT2D eigenvalue weighted by Crippen LogP contribution is 2.12. The van der Waals surface area contributed by atoms with Gasteiger partial charge < -0.3 is 0 Å². The minimum absolute atomic E-state index is 0.00873. The molecule has 1 aliphatic rings. The van der Waals surface area contributed by atoms with Gasteiger partial charge in [0, 0.05) is 11.9 Å². The molecule has 14 heavy (non-hydrogen) atoms. The number of rotatable bonds is 4. The molecule has 1 atom stereocenters. The Balaban J connectivity index is 2.56. The zero-order valence-electron chi connectivity index (χ0n) is 7.44. The molecule has 5 nitrogen and oxygen atoms in total. The van der Waals surface area contributed by atoms with Crippen LogP contribution in [0.15, 0.2) is 0 Å². The number of nitrogens with one attached hydrogen (secondary N) is 1. The van der Waals surface area contributed by atoms with Crippen LogP contribution in [0.1, 0.15) is 6.42 Å². The third-order valence-electron chi connectivity index (χ3n) is 1.92. The van der Waals surface area contributed by atoms with Crippen LogP contribution in [0.25, 0.3) is 0 Å². The Morgan fingerprint density at radius 3 is 2.50 bits per heavy atom. The molecule has 8 heteroatoms. The average Bonchev–Trinajstić information content (AvgIpc) is 2.28. The standard InChI is InChI=1S/C6H12ClNO4S2/c7-2-4-14(11,12)8-6-1-3-13(9,10)5-6/h6,8H,1-5H2. The summed E-state index contributed by atoms with van der Waals surface area (Å²) in [7, 11) is -6.45. The molecule has 1 saturated heterocycles. The zero-order chi connectivity index (χ0) is 10.8. The van der Waals surface area contributed by atoms with Gasteiger partial charge in [-0.3, -0.25) is 0 Å². The number of halogens is 1. The maximum absolute atomic E-state index is 11.2. The molecule has 1 N–H and O–H groups in total. The topological polar surface area (TPSA) is 80.3 Å². The summed E-state index contributed by atoms with van der Waals surface area (Å²) in [5, 5.41) is 0. The number of hydrogen-bond acceptors (Lipinski definition) is 4. The van der Waals surface area contributed by atoms with Crippen molar-refractivity contribution in [1.29, 1.82) is 0 Å². The van der Waals surface area contributed by atoms with E-state index in [1.165, 1.54) is 0 Å². The summed E-state index contributed by atoms with van der Waals surface area (Å²) < 4.78 is 46.8. The molecular formula is C6H12ClNO4S2. The molecular weight excluding hydrogens is 250 g/mol. The van der Waals surface area contributed by atoms with E-state index in [2.05, 4.69) is 4.72 Å². The number of alkyl halides is 1. The van der Waals surface area contributed by atoms with Crippen molar-refractivity contribution in [3.63, 3.8) is 0 Å². The highest BCUT2D eigenvalue weighted by atomic mass is 35.5. The molecule has 0 aromatic carbocycles. The van der Waals surface area contributed by atoms with E-state index in [0.29, 0.717) is 6.42 Å². The summed E-state index contributed by atoms with van der Waals surface area (Å²) in [6.07, 6.45) is 0.351. The second-order valence-corrected chi connectivity index (χ2v) is 7.71. The lowest BCUT2D eigenvalue weighted by molar-refractivity contribution is 0.564. The Kier molecular flexibility index (Phi) is 3.79. The van der Waals surface area contributed by atoms with Gasteiger partial charge in [-0.15, -0.1) is 11.6 Å². The Morgan fingerprint density at radius 2 is 2.07 bits per heavy atom. The summed E-state index contributed by atoms with van der Waals surface area (Å²) in [4.78, 5) is 0. The van der Waals surface area contributed by atoms with Crippen LogP contribution >= 0.6 is 11.6 Å². The predicted molar refractivity (Wildman–Crippen MR) is 54.7 cm³/mol. The van der Waals surface area contributed by atoms with Crippen molar-refractivity contribution in [3.8, 4) is 0 Å². The lowest BCUT2D eigenvalue weighted by Gasteiger charge is -2.09. The Morgan fingerprint density at radius 1 is 1.43 bits per heavy atom. The molecule has 1 fully saturated rings. The highest BCUT2D eigenvalue weighted by molar-refractivity contribution is 7.92. The minimum atomic E-state index is -3.41. The quantitative estimate of drug-likeness (QED) is 0.681. The molecule has 1 unspecified atom stereocenters. The second kappa shape index (κ2) is 4.34. The molecule has 0 radical (unpaired) electrons. The first kappa shape index (κ1) is 12.2.